The van der Waals surface area contributed by atoms with Gasteiger partial charge in [-0.3, -0.25) is 0 Å². The maximum Gasteiger partial charge on any atom is 0.0930 e. The van der Waals surface area contributed by atoms with Crippen LogP contribution in [0.25, 0.3) is 11.1 Å². The molecular weight excluding hydrogens is 374 g/mol. The lowest BCUT2D eigenvalue weighted by molar-refractivity contribution is 0.436. The van der Waals surface area contributed by atoms with Gasteiger partial charge in [-0.15, -0.1) is 0 Å². The molecule has 3 aromatic carbocycles. The maximum atomic E-state index is 3.39. The quantitative estimate of drug-likeness (QED) is 0.414. The van der Waals surface area contributed by atoms with Crippen LogP contribution in [-0.4, -0.2) is 6.04 Å². The highest BCUT2D eigenvalue weighted by molar-refractivity contribution is 5.83. The van der Waals surface area contributed by atoms with Crippen molar-refractivity contribution in [3.05, 3.63) is 83.4 Å². The molecule has 31 heavy (non-hydrogen) atoms. The Labute approximate surface area is 188 Å². The van der Waals surface area contributed by atoms with Crippen LogP contribution in [0.1, 0.15) is 76.0 Å². The van der Waals surface area contributed by atoms with Gasteiger partial charge in [-0.05, 0) is 77.4 Å². The van der Waals surface area contributed by atoms with Crippen LogP contribution in [0.2, 0.25) is 0 Å². The summed E-state index contributed by atoms with van der Waals surface area (Å²) < 4.78 is 0. The van der Waals surface area contributed by atoms with Gasteiger partial charge < -0.3 is 4.90 Å². The molecule has 0 unspecified atom stereocenters. The van der Waals surface area contributed by atoms with E-state index in [1.165, 1.54) is 72.0 Å². The van der Waals surface area contributed by atoms with Gasteiger partial charge in [-0.1, -0.05) is 82.9 Å². The number of hydrogen-bond donors (Lipinski definition) is 0. The molecule has 5 rings (SSSR count). The van der Waals surface area contributed by atoms with Crippen molar-refractivity contribution in [3.8, 4) is 11.1 Å². The molecule has 1 fully saturated rings. The molecule has 3 aromatic rings. The minimum Gasteiger partial charge on any atom is -0.331 e. The number of hydrogen-bond acceptors (Lipinski definition) is 1. The third-order valence-corrected chi connectivity index (χ3v) is 7.37. The SMILES string of the molecule is CCCc1ccc2c(c1)C(C)(C)c1cc(N(c3c#cccc3)C3CCCCC3)ccc1-2. The summed E-state index contributed by atoms with van der Waals surface area (Å²) in [6.45, 7) is 7.05. The lowest BCUT2D eigenvalue weighted by Gasteiger charge is -2.36. The summed E-state index contributed by atoms with van der Waals surface area (Å²) in [6.07, 6.45) is 8.85. The molecule has 0 heterocycles. The van der Waals surface area contributed by atoms with Gasteiger partial charge in [0.05, 0.1) is 5.69 Å². The second kappa shape index (κ2) is 8.08. The number of aryl methyl sites for hydroxylation is 1. The first-order valence-corrected chi connectivity index (χ1v) is 12.1. The summed E-state index contributed by atoms with van der Waals surface area (Å²) in [5.41, 5.74) is 9.68. The van der Waals surface area contributed by atoms with Gasteiger partial charge in [-0.2, -0.15) is 0 Å². The van der Waals surface area contributed by atoms with Crippen LogP contribution in [0, 0.1) is 12.1 Å². The maximum absolute atomic E-state index is 3.39. The van der Waals surface area contributed by atoms with E-state index in [1.807, 2.05) is 6.07 Å². The van der Waals surface area contributed by atoms with Crippen LogP contribution in [0.4, 0.5) is 11.4 Å². The van der Waals surface area contributed by atoms with E-state index in [9.17, 15) is 0 Å². The highest BCUT2D eigenvalue weighted by Gasteiger charge is 2.36. The average Bonchev–Trinajstić information content (AvgIpc) is 3.02. The molecule has 0 N–H and O–H groups in total. The molecule has 1 nitrogen and oxygen atoms in total. The molecule has 0 aromatic heterocycles. The van der Waals surface area contributed by atoms with Crippen LogP contribution >= 0.6 is 0 Å². The summed E-state index contributed by atoms with van der Waals surface area (Å²) in [5.74, 6) is 0. The molecule has 0 spiro atoms. The Morgan fingerprint density at radius 3 is 2.39 bits per heavy atom. The third kappa shape index (κ3) is 3.53. The topological polar surface area (TPSA) is 3.24 Å². The Hall–Kier alpha value is -2.72. The summed E-state index contributed by atoms with van der Waals surface area (Å²) in [7, 11) is 0. The van der Waals surface area contributed by atoms with Crippen molar-refractivity contribution in [1.82, 2.24) is 0 Å². The van der Waals surface area contributed by atoms with E-state index >= 15 is 0 Å². The molecular formula is C30H33N. The van der Waals surface area contributed by atoms with Crippen LogP contribution < -0.4 is 4.90 Å². The van der Waals surface area contributed by atoms with Gasteiger partial charge in [0.25, 0.3) is 0 Å². The van der Waals surface area contributed by atoms with E-state index in [1.54, 1.807) is 0 Å². The standard InChI is InChI=1S/C30H33N/c1-4-11-22-16-18-26-27-19-17-25(21-29(27)30(2,3)28(26)20-22)31(23-12-7-5-8-13-23)24-14-9-6-10-15-24/h5,7,12,16-21,24H,4,6,9-11,14-15H2,1-3H3. The van der Waals surface area contributed by atoms with Crippen molar-refractivity contribution in [2.24, 2.45) is 0 Å². The first-order valence-electron chi connectivity index (χ1n) is 12.1. The zero-order valence-corrected chi connectivity index (χ0v) is 19.2. The van der Waals surface area contributed by atoms with E-state index in [2.05, 4.69) is 86.3 Å². The normalized spacial score (nSPS) is 17.0. The molecule has 0 saturated heterocycles. The molecule has 0 aliphatic heterocycles. The summed E-state index contributed by atoms with van der Waals surface area (Å²) in [6, 6.07) is 27.6. The van der Waals surface area contributed by atoms with Crippen molar-refractivity contribution < 1.29 is 0 Å². The van der Waals surface area contributed by atoms with Crippen molar-refractivity contribution in [1.29, 1.82) is 0 Å². The Balaban J connectivity index is 1.59. The number of benzene rings is 2. The third-order valence-electron chi connectivity index (χ3n) is 7.37. The minimum absolute atomic E-state index is 0.0230. The Bertz CT molecular complexity index is 1060. The zero-order chi connectivity index (χ0) is 21.4. The van der Waals surface area contributed by atoms with Gasteiger partial charge in [0.1, 0.15) is 0 Å². The van der Waals surface area contributed by atoms with Crippen LogP contribution in [0.5, 0.6) is 0 Å². The highest BCUT2D eigenvalue weighted by atomic mass is 15.2. The summed E-state index contributed by atoms with van der Waals surface area (Å²) in [4.78, 5) is 2.54. The van der Waals surface area contributed by atoms with Gasteiger partial charge in [0, 0.05) is 17.1 Å². The fourth-order valence-corrected chi connectivity index (χ4v) is 5.74. The monoisotopic (exact) mass is 407 g/mol. The molecule has 1 saturated carbocycles. The molecule has 1 heteroatoms. The molecule has 0 radical (unpaired) electrons. The lowest BCUT2D eigenvalue weighted by Crippen LogP contribution is -2.33. The largest absolute Gasteiger partial charge is 0.331 e. The van der Waals surface area contributed by atoms with Crippen molar-refractivity contribution in [3.63, 3.8) is 0 Å². The molecule has 0 bridgehead atoms. The van der Waals surface area contributed by atoms with Gasteiger partial charge in [-0.25, -0.2) is 0 Å². The predicted octanol–water partition coefficient (Wildman–Crippen LogP) is 8.02. The number of fused-ring (bicyclic) bond motifs is 3. The fourth-order valence-electron chi connectivity index (χ4n) is 5.74. The number of anilines is 2. The van der Waals surface area contributed by atoms with Crippen molar-refractivity contribution >= 4 is 11.4 Å². The van der Waals surface area contributed by atoms with Crippen LogP contribution in [0.15, 0.2) is 54.6 Å². The van der Waals surface area contributed by atoms with Gasteiger partial charge in [0.2, 0.25) is 0 Å². The van der Waals surface area contributed by atoms with E-state index in [0.29, 0.717) is 6.04 Å². The highest BCUT2D eigenvalue weighted by Crippen LogP contribution is 2.50. The zero-order valence-electron chi connectivity index (χ0n) is 19.2. The smallest absolute Gasteiger partial charge is 0.0930 e. The van der Waals surface area contributed by atoms with Crippen LogP contribution in [-0.2, 0) is 11.8 Å². The lowest BCUT2D eigenvalue weighted by atomic mass is 9.81. The van der Waals surface area contributed by atoms with Gasteiger partial charge in [0.15, 0.2) is 0 Å². The van der Waals surface area contributed by atoms with E-state index < -0.39 is 0 Å². The Morgan fingerprint density at radius 2 is 1.68 bits per heavy atom. The van der Waals surface area contributed by atoms with Crippen LogP contribution in [0.3, 0.4) is 0 Å². The Kier molecular flexibility index (Phi) is 5.27. The number of rotatable bonds is 5. The summed E-state index contributed by atoms with van der Waals surface area (Å²) in [5, 5.41) is 0. The Morgan fingerprint density at radius 1 is 0.935 bits per heavy atom. The molecule has 2 aliphatic rings. The minimum atomic E-state index is 0.0230. The van der Waals surface area contributed by atoms with Crippen molar-refractivity contribution in [2.75, 3.05) is 4.90 Å². The van der Waals surface area contributed by atoms with E-state index in [0.717, 1.165) is 12.1 Å². The average molecular weight is 408 g/mol. The molecule has 2 aliphatic carbocycles. The van der Waals surface area contributed by atoms with Gasteiger partial charge >= 0.3 is 0 Å². The second-order valence-corrected chi connectivity index (χ2v) is 9.83. The number of nitrogens with zero attached hydrogens (tertiary/aromatic N) is 1. The van der Waals surface area contributed by atoms with E-state index in [-0.39, 0.29) is 5.41 Å². The van der Waals surface area contributed by atoms with Crippen molar-refractivity contribution in [2.45, 2.75) is 77.2 Å². The first-order chi connectivity index (χ1) is 15.1. The summed E-state index contributed by atoms with van der Waals surface area (Å²) >= 11 is 0. The van der Waals surface area contributed by atoms with E-state index in [4.69, 9.17) is 0 Å². The predicted molar refractivity (Wildman–Crippen MR) is 131 cm³/mol. The first kappa shape index (κ1) is 20.2. The molecule has 0 amide bonds. The second-order valence-electron chi connectivity index (χ2n) is 9.83. The fraction of sp³-hybridized carbons (Fsp3) is 0.400. The molecule has 0 atom stereocenters. The molecule has 158 valence electrons.